The van der Waals surface area contributed by atoms with Crippen molar-refractivity contribution in [3.05, 3.63) is 76.6 Å². The summed E-state index contributed by atoms with van der Waals surface area (Å²) in [6.07, 6.45) is 23.8. The number of nitrogens with two attached hydrogens (primary N) is 1. The molecule has 0 saturated heterocycles. The lowest BCUT2D eigenvalue weighted by Gasteiger charge is -2.19. The average Bonchev–Trinajstić information content (AvgIpc) is 3.04. The fourth-order valence-electron chi connectivity index (χ4n) is 8.11. The van der Waals surface area contributed by atoms with Gasteiger partial charge in [0.15, 0.2) is 11.4 Å². The Balaban J connectivity index is 0.00000221. The third kappa shape index (κ3) is 7.53. The van der Waals surface area contributed by atoms with E-state index < -0.39 is 0 Å². The number of halogens is 2. The molecule has 0 atom stereocenters. The van der Waals surface area contributed by atoms with Crippen LogP contribution in [0.4, 0.5) is 5.69 Å². The van der Waals surface area contributed by atoms with Gasteiger partial charge in [-0.3, -0.25) is 0 Å². The summed E-state index contributed by atoms with van der Waals surface area (Å²) in [7, 11) is 0. The van der Waals surface area contributed by atoms with Gasteiger partial charge in [0, 0.05) is 54.3 Å². The number of anilines is 1. The van der Waals surface area contributed by atoms with Crippen molar-refractivity contribution in [2.45, 2.75) is 136 Å². The highest BCUT2D eigenvalue weighted by molar-refractivity contribution is 5.90. The lowest BCUT2D eigenvalue weighted by Crippen LogP contribution is -3.00. The van der Waals surface area contributed by atoms with E-state index in [1.54, 1.807) is 11.3 Å². The molecular formula is C39H53Cl2N3. The summed E-state index contributed by atoms with van der Waals surface area (Å²) in [5, 5.41) is 2.72. The minimum absolute atomic E-state index is 0. The van der Waals surface area contributed by atoms with Crippen molar-refractivity contribution < 1.29 is 33.9 Å². The maximum atomic E-state index is 6.63. The number of aryl methyl sites for hydroxylation is 3. The number of aromatic nitrogens is 2. The Morgan fingerprint density at radius 2 is 0.932 bits per heavy atom. The van der Waals surface area contributed by atoms with Gasteiger partial charge in [0.1, 0.15) is 13.1 Å². The van der Waals surface area contributed by atoms with Gasteiger partial charge in [-0.15, -0.1) is 0 Å². The fourth-order valence-corrected chi connectivity index (χ4v) is 8.11. The summed E-state index contributed by atoms with van der Waals surface area (Å²) in [5.74, 6) is 0. The van der Waals surface area contributed by atoms with Gasteiger partial charge in [0.05, 0.1) is 11.1 Å². The largest absolute Gasteiger partial charge is 1.00 e. The molecule has 0 saturated carbocycles. The van der Waals surface area contributed by atoms with E-state index in [0.717, 1.165) is 18.7 Å². The SMILES string of the molecule is Cc1c2c([n+](CCCCCCCCCCCC[n+]3c4c(c(N)c5ccccc53)CCCC4)c3ccccc13)CCCC2.[Cl-].[Cl-]. The van der Waals surface area contributed by atoms with Crippen LogP contribution < -0.4 is 39.7 Å². The highest BCUT2D eigenvalue weighted by Crippen LogP contribution is 2.30. The predicted molar refractivity (Wildman–Crippen MR) is 177 cm³/mol. The highest BCUT2D eigenvalue weighted by Gasteiger charge is 2.27. The molecule has 2 N–H and O–H groups in total. The van der Waals surface area contributed by atoms with E-state index in [2.05, 4.69) is 64.6 Å². The van der Waals surface area contributed by atoms with Crippen molar-refractivity contribution in [3.8, 4) is 0 Å². The van der Waals surface area contributed by atoms with E-state index in [0.29, 0.717) is 0 Å². The summed E-state index contributed by atoms with van der Waals surface area (Å²) in [6, 6.07) is 17.9. The van der Waals surface area contributed by atoms with Crippen LogP contribution in [-0.2, 0) is 38.8 Å². The summed E-state index contributed by atoms with van der Waals surface area (Å²) in [5.41, 5.74) is 18.2. The number of para-hydroxylation sites is 2. The summed E-state index contributed by atoms with van der Waals surface area (Å²) >= 11 is 0. The lowest BCUT2D eigenvalue weighted by atomic mass is 9.90. The van der Waals surface area contributed by atoms with E-state index >= 15 is 0 Å². The molecule has 0 aliphatic heterocycles. The number of hydrogen-bond donors (Lipinski definition) is 1. The van der Waals surface area contributed by atoms with Crippen molar-refractivity contribution in [1.82, 2.24) is 0 Å². The van der Waals surface area contributed by atoms with Gasteiger partial charge in [-0.05, 0) is 76.0 Å². The second-order valence-corrected chi connectivity index (χ2v) is 13.2. The van der Waals surface area contributed by atoms with E-state index in [1.807, 2.05) is 0 Å². The Morgan fingerprint density at radius 3 is 1.50 bits per heavy atom. The third-order valence-corrected chi connectivity index (χ3v) is 10.4. The molecule has 0 radical (unpaired) electrons. The van der Waals surface area contributed by atoms with Crippen LogP contribution in [0.5, 0.6) is 0 Å². The number of nitrogens with zero attached hydrogens (tertiary/aromatic N) is 2. The molecule has 4 aromatic rings. The Kier molecular flexibility index (Phi) is 13.2. The average molecular weight is 635 g/mol. The molecule has 0 fully saturated rings. The normalized spacial score (nSPS) is 14.1. The quantitative estimate of drug-likeness (QED) is 0.178. The smallest absolute Gasteiger partial charge is 0.214 e. The van der Waals surface area contributed by atoms with Crippen LogP contribution in [0, 0.1) is 6.92 Å². The third-order valence-electron chi connectivity index (χ3n) is 10.4. The zero-order chi connectivity index (χ0) is 28.7. The molecule has 0 bridgehead atoms. The van der Waals surface area contributed by atoms with E-state index in [4.69, 9.17) is 5.73 Å². The van der Waals surface area contributed by atoms with E-state index in [9.17, 15) is 0 Å². The first kappa shape index (κ1) is 34.5. The number of rotatable bonds is 13. The van der Waals surface area contributed by atoms with Crippen LogP contribution in [0.3, 0.4) is 0 Å². The fraction of sp³-hybridized carbons (Fsp3) is 0.538. The van der Waals surface area contributed by atoms with Crippen molar-refractivity contribution >= 4 is 27.5 Å². The van der Waals surface area contributed by atoms with Crippen LogP contribution in [-0.4, -0.2) is 0 Å². The van der Waals surface area contributed by atoms with E-state index in [-0.39, 0.29) is 24.8 Å². The summed E-state index contributed by atoms with van der Waals surface area (Å²) in [6.45, 7) is 4.68. The van der Waals surface area contributed by atoms with Gasteiger partial charge in [-0.1, -0.05) is 62.8 Å². The van der Waals surface area contributed by atoms with Crippen LogP contribution in [0.1, 0.15) is 118 Å². The molecule has 44 heavy (non-hydrogen) atoms. The lowest BCUT2D eigenvalue weighted by molar-refractivity contribution is -0.680. The molecule has 2 aromatic heterocycles. The van der Waals surface area contributed by atoms with Gasteiger partial charge in [0.25, 0.3) is 0 Å². The topological polar surface area (TPSA) is 33.8 Å². The molecule has 2 aliphatic rings. The Bertz CT molecular complexity index is 1410. The summed E-state index contributed by atoms with van der Waals surface area (Å²) < 4.78 is 5.31. The minimum Gasteiger partial charge on any atom is -1.00 e. The van der Waals surface area contributed by atoms with Crippen LogP contribution in [0.2, 0.25) is 0 Å². The number of pyridine rings is 2. The monoisotopic (exact) mass is 633 g/mol. The molecule has 2 aliphatic carbocycles. The minimum atomic E-state index is 0. The van der Waals surface area contributed by atoms with Crippen LogP contribution in [0.25, 0.3) is 21.8 Å². The van der Waals surface area contributed by atoms with E-state index in [1.165, 1.54) is 154 Å². The maximum Gasteiger partial charge on any atom is 0.214 e. The van der Waals surface area contributed by atoms with Crippen LogP contribution in [0.15, 0.2) is 48.5 Å². The first-order valence-corrected chi connectivity index (χ1v) is 17.4. The second-order valence-electron chi connectivity index (χ2n) is 13.2. The van der Waals surface area contributed by atoms with Gasteiger partial charge in [-0.2, -0.15) is 9.13 Å². The van der Waals surface area contributed by atoms with Crippen molar-refractivity contribution in [2.75, 3.05) is 5.73 Å². The molecule has 238 valence electrons. The van der Waals surface area contributed by atoms with Crippen molar-refractivity contribution in [2.24, 2.45) is 0 Å². The standard InChI is InChI=1S/C39H52N3.2ClH/c1-30-31-20-10-14-24-35(31)41(36-25-15-11-21-32(30)36)28-18-8-6-4-2-3-5-7-9-19-29-42-37-26-16-12-22-33(37)39(40)34-23-13-17-27-38(34)42;;/h10,12,14,16,20,22,24,26,40H,2-9,11,13,15,17-19,21,23,25,27-29H2,1H3;2*1H/q+1;;/p-1. The summed E-state index contributed by atoms with van der Waals surface area (Å²) in [4.78, 5) is 0. The molecule has 0 spiro atoms. The number of fused-ring (bicyclic) bond motifs is 4. The number of nitrogen functional groups attached to an aromatic ring is 1. The molecule has 2 aromatic carbocycles. The zero-order valence-electron chi connectivity index (χ0n) is 27.0. The highest BCUT2D eigenvalue weighted by atomic mass is 35.5. The second kappa shape index (κ2) is 16.8. The van der Waals surface area contributed by atoms with Gasteiger partial charge in [-0.25, -0.2) is 0 Å². The zero-order valence-corrected chi connectivity index (χ0v) is 28.5. The number of benzene rings is 2. The van der Waals surface area contributed by atoms with Gasteiger partial charge >= 0.3 is 0 Å². The molecule has 2 heterocycles. The van der Waals surface area contributed by atoms with Gasteiger partial charge in [0.2, 0.25) is 11.0 Å². The molecule has 3 nitrogen and oxygen atoms in total. The molecule has 5 heteroatoms. The predicted octanol–water partition coefficient (Wildman–Crippen LogP) is 2.83. The molecule has 0 amide bonds. The van der Waals surface area contributed by atoms with Crippen LogP contribution >= 0.6 is 0 Å². The maximum absolute atomic E-state index is 6.63. The molecule has 6 rings (SSSR count). The van der Waals surface area contributed by atoms with Gasteiger partial charge < -0.3 is 30.5 Å². The van der Waals surface area contributed by atoms with Crippen molar-refractivity contribution in [3.63, 3.8) is 0 Å². The Hall–Kier alpha value is -2.36. The number of unbranched alkanes of at least 4 members (excludes halogenated alkanes) is 9. The number of hydrogen-bond acceptors (Lipinski definition) is 1. The first-order chi connectivity index (χ1) is 20.7. The van der Waals surface area contributed by atoms with Crippen molar-refractivity contribution in [1.29, 1.82) is 0 Å². The first-order valence-electron chi connectivity index (χ1n) is 17.4. The molecule has 0 unspecified atom stereocenters. The Labute approximate surface area is 278 Å². The Morgan fingerprint density at radius 1 is 0.523 bits per heavy atom. The molecular weight excluding hydrogens is 581 g/mol.